The highest BCUT2D eigenvalue weighted by molar-refractivity contribution is 5.65. The first kappa shape index (κ1) is 15.5. The molecule has 19 heavy (non-hydrogen) atoms. The number of ether oxygens (including phenoxy) is 1. The molecule has 0 radical (unpaired) electrons. The molecule has 0 aliphatic rings. The minimum absolute atomic E-state index is 0.0330. The van der Waals surface area contributed by atoms with Crippen LogP contribution in [0, 0.1) is 5.41 Å². The molecule has 0 unspecified atom stereocenters. The van der Waals surface area contributed by atoms with Crippen LogP contribution in [0.2, 0.25) is 0 Å². The molecule has 104 valence electrons. The maximum absolute atomic E-state index is 10.9. The fraction of sp³-hybridized carbons (Fsp3) is 0.471. The second-order valence-electron chi connectivity index (χ2n) is 6.19. The normalized spacial score (nSPS) is 12.7. The van der Waals surface area contributed by atoms with Gasteiger partial charge < -0.3 is 4.74 Å². The Morgan fingerprint density at radius 2 is 1.68 bits per heavy atom. The van der Waals surface area contributed by atoms with Crippen molar-refractivity contribution < 1.29 is 9.53 Å². The summed E-state index contributed by atoms with van der Waals surface area (Å²) in [4.78, 5) is 10.9. The third-order valence-electron chi connectivity index (χ3n) is 3.12. The van der Waals surface area contributed by atoms with Crippen LogP contribution in [0.5, 0.6) is 0 Å². The predicted octanol–water partition coefficient (Wildman–Crippen LogP) is 4.11. The molecule has 1 rings (SSSR count). The zero-order chi connectivity index (χ0) is 14.5. The molecular formula is C17H24O2. The maximum atomic E-state index is 10.9. The number of hydrogen-bond donors (Lipinski definition) is 0. The van der Waals surface area contributed by atoms with Gasteiger partial charge in [-0.15, -0.1) is 0 Å². The van der Waals surface area contributed by atoms with Crippen molar-refractivity contribution in [2.24, 2.45) is 5.41 Å². The lowest BCUT2D eigenvalue weighted by Gasteiger charge is -2.25. The zero-order valence-electron chi connectivity index (χ0n) is 12.6. The van der Waals surface area contributed by atoms with Crippen molar-refractivity contribution in [2.75, 3.05) is 6.61 Å². The van der Waals surface area contributed by atoms with E-state index in [9.17, 15) is 4.79 Å². The van der Waals surface area contributed by atoms with Gasteiger partial charge in [0.2, 0.25) is 0 Å². The summed E-state index contributed by atoms with van der Waals surface area (Å²) in [6.07, 6.45) is 4.31. The second-order valence-corrected chi connectivity index (χ2v) is 6.19. The Kier molecular flexibility index (Phi) is 4.93. The molecule has 0 spiro atoms. The summed E-state index contributed by atoms with van der Waals surface area (Å²) >= 11 is 0. The summed E-state index contributed by atoms with van der Waals surface area (Å²) in [6, 6.07) is 10.4. The van der Waals surface area contributed by atoms with Crippen LogP contribution in [0.25, 0.3) is 0 Å². The summed E-state index contributed by atoms with van der Waals surface area (Å²) < 4.78 is 5.09. The Bertz CT molecular complexity index is 442. The van der Waals surface area contributed by atoms with Crippen molar-refractivity contribution in [1.29, 1.82) is 0 Å². The molecule has 0 atom stereocenters. The summed E-state index contributed by atoms with van der Waals surface area (Å²) in [5.74, 6) is -0.233. The van der Waals surface area contributed by atoms with E-state index in [1.54, 1.807) is 0 Å². The molecule has 0 bridgehead atoms. The molecule has 0 aromatic heterocycles. The lowest BCUT2D eigenvalue weighted by Crippen LogP contribution is -2.21. The molecule has 0 N–H and O–H groups in total. The van der Waals surface area contributed by atoms with E-state index >= 15 is 0 Å². The lowest BCUT2D eigenvalue weighted by atomic mass is 9.81. The molecule has 1 aromatic rings. The molecule has 0 aliphatic carbocycles. The van der Waals surface area contributed by atoms with E-state index < -0.39 is 0 Å². The SMILES string of the molecule is CC(=O)OCC(C)(C)/C=C/C(C)(C)c1ccccc1. The van der Waals surface area contributed by atoms with Crippen LogP contribution in [-0.2, 0) is 14.9 Å². The maximum Gasteiger partial charge on any atom is 0.302 e. The molecule has 0 saturated carbocycles. The standard InChI is InChI=1S/C17H24O2/c1-14(18)19-13-16(2,3)11-12-17(4,5)15-9-7-6-8-10-15/h6-12H,13H2,1-5H3/b12-11+. The third-order valence-corrected chi connectivity index (χ3v) is 3.12. The van der Waals surface area contributed by atoms with E-state index in [1.165, 1.54) is 12.5 Å². The summed E-state index contributed by atoms with van der Waals surface area (Å²) in [5, 5.41) is 0. The lowest BCUT2D eigenvalue weighted by molar-refractivity contribution is -0.143. The van der Waals surface area contributed by atoms with Crippen LogP contribution in [-0.4, -0.2) is 12.6 Å². The fourth-order valence-corrected chi connectivity index (χ4v) is 1.73. The summed E-state index contributed by atoms with van der Waals surface area (Å²) in [5.41, 5.74) is 1.08. The van der Waals surface area contributed by atoms with Crippen LogP contribution in [0.3, 0.4) is 0 Å². The van der Waals surface area contributed by atoms with E-state index in [0.29, 0.717) is 6.61 Å². The van der Waals surface area contributed by atoms with Gasteiger partial charge in [-0.3, -0.25) is 4.79 Å². The van der Waals surface area contributed by atoms with Gasteiger partial charge in [-0.2, -0.15) is 0 Å². The first-order chi connectivity index (χ1) is 8.73. The topological polar surface area (TPSA) is 26.3 Å². The molecule has 1 aromatic carbocycles. The molecule has 0 fully saturated rings. The van der Waals surface area contributed by atoms with Crippen LogP contribution in [0.4, 0.5) is 0 Å². The number of esters is 1. The molecular weight excluding hydrogens is 236 g/mol. The van der Waals surface area contributed by atoms with Crippen molar-refractivity contribution >= 4 is 5.97 Å². The number of allylic oxidation sites excluding steroid dienone is 1. The van der Waals surface area contributed by atoms with Crippen molar-refractivity contribution in [2.45, 2.75) is 40.0 Å². The average molecular weight is 260 g/mol. The minimum Gasteiger partial charge on any atom is -0.465 e. The number of benzene rings is 1. The largest absolute Gasteiger partial charge is 0.465 e. The van der Waals surface area contributed by atoms with Gasteiger partial charge in [0.15, 0.2) is 0 Å². The summed E-state index contributed by atoms with van der Waals surface area (Å²) in [6.45, 7) is 10.3. The summed E-state index contributed by atoms with van der Waals surface area (Å²) in [7, 11) is 0. The highest BCUT2D eigenvalue weighted by Gasteiger charge is 2.20. The molecule has 0 saturated heterocycles. The van der Waals surface area contributed by atoms with Crippen LogP contribution >= 0.6 is 0 Å². The third kappa shape index (κ3) is 5.29. The van der Waals surface area contributed by atoms with Gasteiger partial charge in [-0.25, -0.2) is 0 Å². The van der Waals surface area contributed by atoms with Crippen molar-refractivity contribution in [3.8, 4) is 0 Å². The Morgan fingerprint density at radius 3 is 2.21 bits per heavy atom. The van der Waals surface area contributed by atoms with E-state index in [0.717, 1.165) is 0 Å². The zero-order valence-corrected chi connectivity index (χ0v) is 12.6. The van der Waals surface area contributed by atoms with E-state index in [1.807, 2.05) is 6.07 Å². The molecule has 2 nitrogen and oxygen atoms in total. The van der Waals surface area contributed by atoms with Crippen molar-refractivity contribution in [1.82, 2.24) is 0 Å². The predicted molar refractivity (Wildman–Crippen MR) is 79.0 cm³/mol. The quantitative estimate of drug-likeness (QED) is 0.588. The van der Waals surface area contributed by atoms with Gasteiger partial charge in [-0.05, 0) is 5.56 Å². The van der Waals surface area contributed by atoms with Gasteiger partial charge in [-0.1, -0.05) is 70.2 Å². The minimum atomic E-state index is -0.233. The van der Waals surface area contributed by atoms with Gasteiger partial charge in [0.05, 0.1) is 6.61 Å². The van der Waals surface area contributed by atoms with Gasteiger partial charge in [0.1, 0.15) is 0 Å². The molecule has 0 heterocycles. The monoisotopic (exact) mass is 260 g/mol. The van der Waals surface area contributed by atoms with Gasteiger partial charge in [0.25, 0.3) is 0 Å². The Hall–Kier alpha value is -1.57. The number of carbonyl (C=O) groups is 1. The first-order valence-corrected chi connectivity index (χ1v) is 6.62. The van der Waals surface area contributed by atoms with E-state index in [-0.39, 0.29) is 16.8 Å². The number of carbonyl (C=O) groups excluding carboxylic acids is 1. The van der Waals surface area contributed by atoms with Crippen molar-refractivity contribution in [3.05, 3.63) is 48.0 Å². The van der Waals surface area contributed by atoms with E-state index in [4.69, 9.17) is 4.74 Å². The second kappa shape index (κ2) is 6.05. The van der Waals surface area contributed by atoms with E-state index in [2.05, 4.69) is 64.1 Å². The van der Waals surface area contributed by atoms with Crippen LogP contribution in [0.1, 0.15) is 40.2 Å². The van der Waals surface area contributed by atoms with Gasteiger partial charge in [0, 0.05) is 17.8 Å². The Balaban J connectivity index is 2.76. The number of rotatable bonds is 5. The highest BCUT2D eigenvalue weighted by Crippen LogP contribution is 2.27. The smallest absolute Gasteiger partial charge is 0.302 e. The van der Waals surface area contributed by atoms with Crippen LogP contribution in [0.15, 0.2) is 42.5 Å². The average Bonchev–Trinajstić information content (AvgIpc) is 2.36. The first-order valence-electron chi connectivity index (χ1n) is 6.62. The molecule has 2 heteroatoms. The highest BCUT2D eigenvalue weighted by atomic mass is 16.5. The van der Waals surface area contributed by atoms with Gasteiger partial charge >= 0.3 is 5.97 Å². The Morgan fingerprint density at radius 1 is 1.11 bits per heavy atom. The van der Waals surface area contributed by atoms with Crippen molar-refractivity contribution in [3.63, 3.8) is 0 Å². The Labute approximate surface area is 116 Å². The molecule has 0 aliphatic heterocycles. The van der Waals surface area contributed by atoms with Crippen LogP contribution < -0.4 is 0 Å². The number of hydrogen-bond acceptors (Lipinski definition) is 2. The molecule has 0 amide bonds. The fourth-order valence-electron chi connectivity index (χ4n) is 1.73.